The summed E-state index contributed by atoms with van der Waals surface area (Å²) in [7, 11) is 0. The van der Waals surface area contributed by atoms with E-state index in [1.165, 1.54) is 0 Å². The van der Waals surface area contributed by atoms with Crippen LogP contribution in [-0.4, -0.2) is 50.9 Å². The van der Waals surface area contributed by atoms with Crippen LogP contribution in [-0.2, 0) is 4.74 Å². The van der Waals surface area contributed by atoms with E-state index < -0.39 is 5.60 Å². The van der Waals surface area contributed by atoms with Crippen LogP contribution in [0.3, 0.4) is 0 Å². The highest BCUT2D eigenvalue weighted by atomic mass is 35.5. The van der Waals surface area contributed by atoms with E-state index in [2.05, 4.69) is 9.97 Å². The van der Waals surface area contributed by atoms with Crippen LogP contribution in [0.5, 0.6) is 0 Å². The third-order valence-corrected chi connectivity index (χ3v) is 7.04. The van der Waals surface area contributed by atoms with Crippen LogP contribution in [0.2, 0.25) is 5.02 Å². The molecule has 2 heterocycles. The molecule has 1 aliphatic heterocycles. The summed E-state index contributed by atoms with van der Waals surface area (Å²) in [5.41, 5.74) is -0.496. The SMILES string of the molecule is O=C(OC1C2CC3C[C@H]1CC(O)(C3)C2)N1CCC(c2ncc(Cl)cn2)C1. The van der Waals surface area contributed by atoms with E-state index in [0.29, 0.717) is 35.9 Å². The molecule has 5 unspecified atom stereocenters. The maximum absolute atomic E-state index is 12.7. The standard InChI is InChI=1S/C19H24ClN3O3/c20-15-8-21-17(22-9-15)12-1-2-23(10-12)18(24)26-16-13-3-11-4-14(16)7-19(25,5-11)6-13/h8-9,11-14,16,25H,1-7,10H2/t11?,12?,13-,14?,16?,19?/m0/s1. The number of carbonyl (C=O) groups is 1. The number of halogens is 1. The van der Waals surface area contributed by atoms with E-state index >= 15 is 0 Å². The second kappa shape index (κ2) is 6.06. The van der Waals surface area contributed by atoms with Gasteiger partial charge in [0.15, 0.2) is 0 Å². The molecule has 1 aromatic rings. The van der Waals surface area contributed by atoms with Crippen molar-refractivity contribution in [3.63, 3.8) is 0 Å². The molecule has 6 atom stereocenters. The fourth-order valence-corrected chi connectivity index (χ4v) is 6.09. The second-order valence-corrected chi connectivity index (χ2v) is 9.17. The fraction of sp³-hybridized carbons (Fsp3) is 0.737. The van der Waals surface area contributed by atoms with Crippen molar-refractivity contribution < 1.29 is 14.6 Å². The summed E-state index contributed by atoms with van der Waals surface area (Å²) in [6.07, 6.45) is 8.52. The Kier molecular flexibility index (Phi) is 3.90. The summed E-state index contributed by atoms with van der Waals surface area (Å²) in [5, 5.41) is 11.2. The minimum atomic E-state index is -0.496. The van der Waals surface area contributed by atoms with Gasteiger partial charge in [0.2, 0.25) is 0 Å². The monoisotopic (exact) mass is 377 g/mol. The first-order valence-corrected chi connectivity index (χ1v) is 10.0. The van der Waals surface area contributed by atoms with Gasteiger partial charge >= 0.3 is 6.09 Å². The molecule has 26 heavy (non-hydrogen) atoms. The molecule has 0 spiro atoms. The van der Waals surface area contributed by atoms with Gasteiger partial charge in [0, 0.05) is 31.4 Å². The molecule has 4 saturated carbocycles. The first kappa shape index (κ1) is 16.8. The lowest BCUT2D eigenvalue weighted by molar-refractivity contribution is -0.177. The molecule has 7 heteroatoms. The Morgan fingerprint density at radius 2 is 1.92 bits per heavy atom. The molecule has 1 amide bonds. The van der Waals surface area contributed by atoms with Crippen LogP contribution in [0.15, 0.2) is 12.4 Å². The van der Waals surface area contributed by atoms with Crippen molar-refractivity contribution in [3.8, 4) is 0 Å². The van der Waals surface area contributed by atoms with E-state index in [0.717, 1.165) is 44.3 Å². The number of hydrogen-bond acceptors (Lipinski definition) is 5. The van der Waals surface area contributed by atoms with Crippen molar-refractivity contribution in [2.75, 3.05) is 13.1 Å². The Balaban J connectivity index is 1.22. The minimum absolute atomic E-state index is 0.0230. The molecule has 6 nitrogen and oxygen atoms in total. The summed E-state index contributed by atoms with van der Waals surface area (Å²) in [4.78, 5) is 23.1. The number of carbonyl (C=O) groups excluding carboxylic acids is 1. The molecule has 6 rings (SSSR count). The molecular weight excluding hydrogens is 354 g/mol. The molecule has 0 radical (unpaired) electrons. The van der Waals surface area contributed by atoms with Gasteiger partial charge in [-0.15, -0.1) is 0 Å². The molecule has 1 saturated heterocycles. The van der Waals surface area contributed by atoms with Gasteiger partial charge in [-0.1, -0.05) is 11.6 Å². The smallest absolute Gasteiger partial charge is 0.410 e. The third-order valence-electron chi connectivity index (χ3n) is 6.84. The molecule has 4 bridgehead atoms. The zero-order valence-electron chi connectivity index (χ0n) is 14.7. The van der Waals surface area contributed by atoms with Crippen LogP contribution < -0.4 is 0 Å². The Morgan fingerprint density at radius 3 is 2.58 bits per heavy atom. The van der Waals surface area contributed by atoms with Crippen LogP contribution >= 0.6 is 11.6 Å². The van der Waals surface area contributed by atoms with Gasteiger partial charge in [-0.25, -0.2) is 14.8 Å². The van der Waals surface area contributed by atoms with Crippen LogP contribution in [0.25, 0.3) is 0 Å². The normalized spacial score (nSPS) is 40.8. The van der Waals surface area contributed by atoms with Gasteiger partial charge in [0.05, 0.1) is 10.6 Å². The Morgan fingerprint density at radius 1 is 1.23 bits per heavy atom. The largest absolute Gasteiger partial charge is 0.446 e. The van der Waals surface area contributed by atoms with Gasteiger partial charge in [-0.3, -0.25) is 0 Å². The molecule has 1 aromatic heterocycles. The predicted molar refractivity (Wildman–Crippen MR) is 94.7 cm³/mol. The van der Waals surface area contributed by atoms with E-state index in [1.807, 2.05) is 0 Å². The summed E-state index contributed by atoms with van der Waals surface area (Å²) in [6.45, 7) is 1.26. The lowest BCUT2D eigenvalue weighted by Gasteiger charge is -2.57. The molecule has 5 aliphatic rings. The van der Waals surface area contributed by atoms with Crippen molar-refractivity contribution in [1.29, 1.82) is 0 Å². The van der Waals surface area contributed by atoms with Crippen molar-refractivity contribution >= 4 is 17.7 Å². The topological polar surface area (TPSA) is 75.6 Å². The summed E-state index contributed by atoms with van der Waals surface area (Å²) >= 11 is 5.85. The number of rotatable bonds is 2. The lowest BCUT2D eigenvalue weighted by atomic mass is 9.53. The second-order valence-electron chi connectivity index (χ2n) is 8.73. The highest BCUT2D eigenvalue weighted by Gasteiger charge is 2.56. The van der Waals surface area contributed by atoms with E-state index in [9.17, 15) is 9.90 Å². The average molecular weight is 378 g/mol. The molecule has 0 aromatic carbocycles. The molecular formula is C19H24ClN3O3. The number of ether oxygens (including phenoxy) is 1. The van der Waals surface area contributed by atoms with E-state index in [-0.39, 0.29) is 18.1 Å². The zero-order valence-corrected chi connectivity index (χ0v) is 15.4. The maximum Gasteiger partial charge on any atom is 0.410 e. The number of aliphatic hydroxyl groups is 1. The van der Waals surface area contributed by atoms with Crippen molar-refractivity contribution in [2.45, 2.75) is 56.1 Å². The highest BCUT2D eigenvalue weighted by molar-refractivity contribution is 6.30. The Hall–Kier alpha value is -1.40. The van der Waals surface area contributed by atoms with E-state index in [1.54, 1.807) is 17.3 Å². The third kappa shape index (κ3) is 2.87. The maximum atomic E-state index is 12.7. The number of aromatic nitrogens is 2. The number of amides is 1. The first-order valence-electron chi connectivity index (χ1n) is 9.64. The predicted octanol–water partition coefficient (Wildman–Crippen LogP) is 3.00. The average Bonchev–Trinajstić information content (AvgIpc) is 3.07. The number of hydrogen-bond donors (Lipinski definition) is 1. The Bertz CT molecular complexity index is 696. The van der Waals surface area contributed by atoms with Crippen molar-refractivity contribution in [2.24, 2.45) is 17.8 Å². The molecule has 140 valence electrons. The fourth-order valence-electron chi connectivity index (χ4n) is 5.99. The quantitative estimate of drug-likeness (QED) is 0.857. The lowest BCUT2D eigenvalue weighted by Crippen LogP contribution is -2.58. The van der Waals surface area contributed by atoms with Gasteiger partial charge in [-0.2, -0.15) is 0 Å². The van der Waals surface area contributed by atoms with Gasteiger partial charge in [-0.05, 0) is 56.3 Å². The summed E-state index contributed by atoms with van der Waals surface area (Å²) in [6, 6.07) is 0. The van der Waals surface area contributed by atoms with Crippen LogP contribution in [0.4, 0.5) is 4.79 Å². The van der Waals surface area contributed by atoms with E-state index in [4.69, 9.17) is 16.3 Å². The molecule has 1 N–H and O–H groups in total. The zero-order chi connectivity index (χ0) is 17.9. The van der Waals surface area contributed by atoms with Crippen molar-refractivity contribution in [1.82, 2.24) is 14.9 Å². The summed E-state index contributed by atoms with van der Waals surface area (Å²) in [5.74, 6) is 2.15. The Labute approximate surface area is 157 Å². The van der Waals surface area contributed by atoms with Crippen LogP contribution in [0, 0.1) is 17.8 Å². The number of likely N-dealkylation sites (tertiary alicyclic amines) is 1. The minimum Gasteiger partial charge on any atom is -0.446 e. The van der Waals surface area contributed by atoms with Gasteiger partial charge < -0.3 is 14.7 Å². The molecule has 5 fully saturated rings. The van der Waals surface area contributed by atoms with Crippen LogP contribution in [0.1, 0.15) is 50.3 Å². The first-order chi connectivity index (χ1) is 12.5. The van der Waals surface area contributed by atoms with Crippen molar-refractivity contribution in [3.05, 3.63) is 23.2 Å². The highest BCUT2D eigenvalue weighted by Crippen LogP contribution is 2.56. The van der Waals surface area contributed by atoms with Gasteiger partial charge in [0.25, 0.3) is 0 Å². The van der Waals surface area contributed by atoms with Gasteiger partial charge in [0.1, 0.15) is 11.9 Å². The summed E-state index contributed by atoms with van der Waals surface area (Å²) < 4.78 is 5.97. The molecule has 4 aliphatic carbocycles. The number of nitrogens with zero attached hydrogens (tertiary/aromatic N) is 3.